The number of hydrogen-bond donors (Lipinski definition) is 1. The molecule has 144 valence electrons. The Labute approximate surface area is 166 Å². The van der Waals surface area contributed by atoms with Gasteiger partial charge >= 0.3 is 5.97 Å². The summed E-state index contributed by atoms with van der Waals surface area (Å²) in [6.07, 6.45) is 8.63. The van der Waals surface area contributed by atoms with Crippen LogP contribution in [0.25, 0.3) is 0 Å². The summed E-state index contributed by atoms with van der Waals surface area (Å²) in [6, 6.07) is 0. The van der Waals surface area contributed by atoms with Crippen LogP contribution >= 0.6 is 15.9 Å². The van der Waals surface area contributed by atoms with Crippen molar-refractivity contribution in [3.63, 3.8) is 0 Å². The van der Waals surface area contributed by atoms with Gasteiger partial charge in [-0.25, -0.2) is 0 Å². The molecule has 2 fully saturated rings. The van der Waals surface area contributed by atoms with Gasteiger partial charge in [0.05, 0.1) is 23.8 Å². The number of hydrogen-bond acceptors (Lipinski definition) is 5. The smallest absolute Gasteiger partial charge is 0.303 e. The third kappa shape index (κ3) is 2.87. The molecule has 4 rings (SSSR count). The van der Waals surface area contributed by atoms with E-state index in [0.29, 0.717) is 18.6 Å². The van der Waals surface area contributed by atoms with Crippen LogP contribution in [0.1, 0.15) is 32.6 Å². The second-order valence-electron chi connectivity index (χ2n) is 7.69. The van der Waals surface area contributed by atoms with Gasteiger partial charge in [-0.15, -0.1) is 0 Å². The van der Waals surface area contributed by atoms with E-state index in [2.05, 4.69) is 21.2 Å². The lowest BCUT2D eigenvalue weighted by atomic mass is 9.65. The summed E-state index contributed by atoms with van der Waals surface area (Å²) in [5, 5.41) is 2.45. The number of esters is 1. The number of imide groups is 1. The highest BCUT2D eigenvalue weighted by molar-refractivity contribution is 9.09. The summed E-state index contributed by atoms with van der Waals surface area (Å²) in [6.45, 7) is 1.41. The van der Waals surface area contributed by atoms with Crippen LogP contribution in [0.5, 0.6) is 0 Å². The van der Waals surface area contributed by atoms with Crippen LogP contribution in [-0.2, 0) is 23.9 Å². The van der Waals surface area contributed by atoms with Crippen LogP contribution in [0.4, 0.5) is 0 Å². The summed E-state index contributed by atoms with van der Waals surface area (Å²) in [7, 11) is 1.61. The van der Waals surface area contributed by atoms with Crippen LogP contribution < -0.4 is 5.32 Å². The molecule has 0 spiro atoms. The molecule has 7 heteroatoms. The molecule has 0 radical (unpaired) electrons. The van der Waals surface area contributed by atoms with Crippen molar-refractivity contribution in [2.75, 3.05) is 7.11 Å². The Morgan fingerprint density at radius 1 is 1.33 bits per heavy atom. The van der Waals surface area contributed by atoms with E-state index in [0.717, 1.165) is 24.0 Å². The van der Waals surface area contributed by atoms with Gasteiger partial charge in [-0.05, 0) is 42.9 Å². The number of rotatable bonds is 2. The van der Waals surface area contributed by atoms with Gasteiger partial charge in [0.1, 0.15) is 11.4 Å². The third-order valence-corrected chi connectivity index (χ3v) is 7.56. The Morgan fingerprint density at radius 3 is 2.81 bits per heavy atom. The van der Waals surface area contributed by atoms with Gasteiger partial charge in [-0.2, -0.15) is 0 Å². The van der Waals surface area contributed by atoms with Gasteiger partial charge in [0.25, 0.3) is 0 Å². The highest BCUT2D eigenvalue weighted by Gasteiger charge is 2.54. The van der Waals surface area contributed by atoms with Crippen molar-refractivity contribution in [1.29, 1.82) is 0 Å². The first-order valence-corrected chi connectivity index (χ1v) is 10.1. The Balaban J connectivity index is 1.89. The van der Waals surface area contributed by atoms with Crippen molar-refractivity contribution in [2.45, 2.75) is 43.0 Å². The summed E-state index contributed by atoms with van der Waals surface area (Å²) >= 11 is 3.77. The number of carbonyl (C=O) groups excluding carboxylic acids is 3. The van der Waals surface area contributed by atoms with Crippen molar-refractivity contribution in [2.24, 2.45) is 17.8 Å². The second kappa shape index (κ2) is 6.62. The maximum atomic E-state index is 12.6. The zero-order valence-electron chi connectivity index (χ0n) is 15.3. The number of allylic oxidation sites excluding steroid dienone is 3. The van der Waals surface area contributed by atoms with Gasteiger partial charge in [0.15, 0.2) is 0 Å². The lowest BCUT2D eigenvalue weighted by Crippen LogP contribution is -2.50. The standard InChI is InChI=1S/C20H22BrNO5/c1-10(23)27-20-7-3-4-11(17(20)21)8-15(26-2)12-5-6-13-16(14(12)9-20)19(25)22-18(13)24/h5-6,8,13-14,16-17H,3-4,7,9H2,1-2H3,(H,22,24,25)/b11-8-,15-12+/t13-,14+,16-,17?,20-/m1/s1. The predicted octanol–water partition coefficient (Wildman–Crippen LogP) is 2.54. The Morgan fingerprint density at radius 2 is 2.11 bits per heavy atom. The minimum atomic E-state index is -0.743. The second-order valence-corrected chi connectivity index (χ2v) is 8.61. The van der Waals surface area contributed by atoms with E-state index in [9.17, 15) is 14.4 Å². The molecule has 2 amide bonds. The lowest BCUT2D eigenvalue weighted by molar-refractivity contribution is -0.160. The van der Waals surface area contributed by atoms with Crippen LogP contribution in [0, 0.1) is 17.8 Å². The van der Waals surface area contributed by atoms with Crippen molar-refractivity contribution >= 4 is 33.7 Å². The fraction of sp³-hybridized carbons (Fsp3) is 0.550. The Kier molecular flexibility index (Phi) is 4.53. The zero-order chi connectivity index (χ0) is 19.3. The number of alkyl halides is 1. The Hall–Kier alpha value is -1.89. The molecule has 0 aromatic heterocycles. The van der Waals surface area contributed by atoms with Gasteiger partial charge in [-0.3, -0.25) is 19.7 Å². The molecular weight excluding hydrogens is 414 g/mol. The van der Waals surface area contributed by atoms with Crippen molar-refractivity contribution in [1.82, 2.24) is 5.32 Å². The van der Waals surface area contributed by atoms with E-state index in [1.54, 1.807) is 13.2 Å². The van der Waals surface area contributed by atoms with Gasteiger partial charge < -0.3 is 9.47 Å². The van der Waals surface area contributed by atoms with E-state index in [4.69, 9.17) is 9.47 Å². The molecular formula is C20H22BrNO5. The Bertz CT molecular complexity index is 813. The van der Waals surface area contributed by atoms with E-state index in [-0.39, 0.29) is 28.5 Å². The molecule has 5 atom stereocenters. The van der Waals surface area contributed by atoms with E-state index in [1.165, 1.54) is 6.92 Å². The predicted molar refractivity (Wildman–Crippen MR) is 101 cm³/mol. The van der Waals surface area contributed by atoms with E-state index >= 15 is 0 Å². The number of fused-ring (bicyclic) bond motifs is 5. The van der Waals surface area contributed by atoms with Crippen LogP contribution in [0.15, 0.2) is 35.1 Å². The van der Waals surface area contributed by atoms with Gasteiger partial charge in [0.2, 0.25) is 11.8 Å². The summed E-state index contributed by atoms with van der Waals surface area (Å²) in [4.78, 5) is 36.6. The zero-order valence-corrected chi connectivity index (χ0v) is 16.9. The summed E-state index contributed by atoms with van der Waals surface area (Å²) in [5.41, 5.74) is 1.26. The highest BCUT2D eigenvalue weighted by Crippen LogP contribution is 2.51. The quantitative estimate of drug-likeness (QED) is 0.409. The molecule has 27 heavy (non-hydrogen) atoms. The summed E-state index contributed by atoms with van der Waals surface area (Å²) in [5.74, 6) is -1.43. The topological polar surface area (TPSA) is 81.7 Å². The molecule has 0 aromatic carbocycles. The van der Waals surface area contributed by atoms with Gasteiger partial charge in [0, 0.05) is 12.8 Å². The number of carbonyl (C=O) groups is 3. The molecule has 1 unspecified atom stereocenters. The average molecular weight is 436 g/mol. The SMILES string of the molecule is COC1=C2\C=C[C@H]3C(=O)NC(=O)[C@H]3[C@H]2C[C@]2(OC(C)=O)CCC\C(=C\1)C2Br. The molecule has 1 saturated carbocycles. The summed E-state index contributed by atoms with van der Waals surface area (Å²) < 4.78 is 11.6. The minimum Gasteiger partial charge on any atom is -0.496 e. The number of nitrogens with one attached hydrogen (secondary N) is 1. The van der Waals surface area contributed by atoms with E-state index in [1.807, 2.05) is 12.2 Å². The highest BCUT2D eigenvalue weighted by atomic mass is 79.9. The fourth-order valence-electron chi connectivity index (χ4n) is 5.05. The van der Waals surface area contributed by atoms with E-state index < -0.39 is 17.4 Å². The molecule has 0 aromatic rings. The molecule has 1 aliphatic heterocycles. The maximum absolute atomic E-state index is 12.6. The molecule has 3 aliphatic carbocycles. The number of amides is 2. The molecule has 6 nitrogen and oxygen atoms in total. The average Bonchev–Trinajstić information content (AvgIpc) is 2.90. The molecule has 1 heterocycles. The maximum Gasteiger partial charge on any atom is 0.303 e. The first kappa shape index (κ1) is 18.5. The normalized spacial score (nSPS) is 42.1. The van der Waals surface area contributed by atoms with Crippen LogP contribution in [0.2, 0.25) is 0 Å². The van der Waals surface area contributed by atoms with Crippen molar-refractivity contribution < 1.29 is 23.9 Å². The molecule has 1 saturated heterocycles. The fourth-order valence-corrected chi connectivity index (χ4v) is 5.92. The first-order valence-electron chi connectivity index (χ1n) is 9.21. The first-order chi connectivity index (χ1) is 12.9. The monoisotopic (exact) mass is 435 g/mol. The van der Waals surface area contributed by atoms with Crippen molar-refractivity contribution in [3.8, 4) is 0 Å². The number of methoxy groups -OCH3 is 1. The molecule has 1 N–H and O–H groups in total. The minimum absolute atomic E-state index is 0.154. The van der Waals surface area contributed by atoms with Crippen LogP contribution in [-0.4, -0.2) is 35.3 Å². The van der Waals surface area contributed by atoms with Gasteiger partial charge in [-0.1, -0.05) is 28.1 Å². The molecule has 4 aliphatic rings. The van der Waals surface area contributed by atoms with Crippen molar-refractivity contribution in [3.05, 3.63) is 35.1 Å². The number of halogens is 1. The molecule has 2 bridgehead atoms. The van der Waals surface area contributed by atoms with Crippen LogP contribution in [0.3, 0.4) is 0 Å². The number of ether oxygens (including phenoxy) is 2. The largest absolute Gasteiger partial charge is 0.496 e. The lowest BCUT2D eigenvalue weighted by Gasteiger charge is -2.46. The third-order valence-electron chi connectivity index (χ3n) is 6.14.